The molecule has 0 fully saturated rings. The quantitative estimate of drug-likeness (QED) is 0.394. The summed E-state index contributed by atoms with van der Waals surface area (Å²) in [6.07, 6.45) is 4.31. The van der Waals surface area contributed by atoms with E-state index in [1.54, 1.807) is 0 Å². The minimum atomic E-state index is -0.827. The number of carbonyl (C=O) groups excluding carboxylic acids is 1. The fourth-order valence-electron chi connectivity index (χ4n) is 2.41. The molecule has 0 aliphatic carbocycles. The van der Waals surface area contributed by atoms with Gasteiger partial charge in [-0.2, -0.15) is 0 Å². The van der Waals surface area contributed by atoms with Gasteiger partial charge in [-0.25, -0.2) is 0 Å². The molecule has 0 radical (unpaired) electrons. The highest BCUT2D eigenvalue weighted by Gasteiger charge is 2.33. The van der Waals surface area contributed by atoms with Crippen molar-refractivity contribution < 1.29 is 24.2 Å². The van der Waals surface area contributed by atoms with Gasteiger partial charge < -0.3 is 19.9 Å². The number of unbranched alkanes of at least 4 members (excludes halogenated alkanes) is 1. The maximum atomic E-state index is 12.1. The molecule has 0 aliphatic rings. The van der Waals surface area contributed by atoms with Gasteiger partial charge in [-0.1, -0.05) is 34.1 Å². The highest BCUT2D eigenvalue weighted by molar-refractivity contribution is 5.76. The zero-order valence-electron chi connectivity index (χ0n) is 15.9. The average Bonchev–Trinajstić information content (AvgIpc) is 2.50. The molecule has 0 aromatic carbocycles. The largest absolute Gasteiger partial charge is 0.481 e. The summed E-state index contributed by atoms with van der Waals surface area (Å²) in [7, 11) is 1.37. The Morgan fingerprint density at radius 3 is 2.25 bits per heavy atom. The maximum Gasteiger partial charge on any atom is 0.323 e. The normalized spacial score (nSPS) is 14.2. The molecular weight excluding hydrogens is 310 g/mol. The highest BCUT2D eigenvalue weighted by atomic mass is 16.5. The Morgan fingerprint density at radius 1 is 1.12 bits per heavy atom. The summed E-state index contributed by atoms with van der Waals surface area (Å²) >= 11 is 0. The van der Waals surface area contributed by atoms with E-state index in [0.29, 0.717) is 13.0 Å². The molecule has 0 amide bonds. The Bertz CT molecular complexity index is 365. The molecule has 1 unspecified atom stereocenters. The second-order valence-electron chi connectivity index (χ2n) is 7.23. The zero-order valence-corrected chi connectivity index (χ0v) is 15.9. The minimum absolute atomic E-state index is 0.0563. The lowest BCUT2D eigenvalue weighted by Crippen LogP contribution is -2.51. The van der Waals surface area contributed by atoms with Crippen LogP contribution in [0.3, 0.4) is 0 Å². The number of hydrogen-bond acceptors (Lipinski definition) is 5. The Balaban J connectivity index is 4.61. The molecule has 6 heteroatoms. The lowest BCUT2D eigenvalue weighted by atomic mass is 9.85. The van der Waals surface area contributed by atoms with Gasteiger partial charge in [-0.05, 0) is 31.1 Å². The van der Waals surface area contributed by atoms with Crippen LogP contribution in [-0.2, 0) is 19.1 Å². The Labute approximate surface area is 146 Å². The van der Waals surface area contributed by atoms with Crippen LogP contribution in [0.25, 0.3) is 0 Å². The molecule has 0 saturated carbocycles. The third kappa shape index (κ3) is 10.6. The first-order valence-corrected chi connectivity index (χ1v) is 8.85. The first kappa shape index (κ1) is 22.9. The molecule has 24 heavy (non-hydrogen) atoms. The zero-order chi connectivity index (χ0) is 18.6. The highest BCUT2D eigenvalue weighted by Crippen LogP contribution is 2.22. The topological polar surface area (TPSA) is 84.9 Å². The van der Waals surface area contributed by atoms with Crippen LogP contribution < -0.4 is 5.32 Å². The van der Waals surface area contributed by atoms with Gasteiger partial charge in [0.15, 0.2) is 0 Å². The third-order valence-electron chi connectivity index (χ3n) is 3.90. The molecule has 2 atom stereocenters. The second-order valence-corrected chi connectivity index (χ2v) is 7.23. The summed E-state index contributed by atoms with van der Waals surface area (Å²) in [5.41, 5.74) is -0.313. The van der Waals surface area contributed by atoms with Crippen molar-refractivity contribution in [2.75, 3.05) is 20.3 Å². The van der Waals surface area contributed by atoms with Gasteiger partial charge in [0.05, 0.1) is 7.11 Å². The van der Waals surface area contributed by atoms with Crippen LogP contribution in [0.1, 0.15) is 66.2 Å². The number of hydrogen-bond donors (Lipinski definition) is 2. The van der Waals surface area contributed by atoms with Gasteiger partial charge in [0.25, 0.3) is 0 Å². The molecule has 2 N–H and O–H groups in total. The summed E-state index contributed by atoms with van der Waals surface area (Å²) < 4.78 is 10.4. The van der Waals surface area contributed by atoms with E-state index in [-0.39, 0.29) is 23.8 Å². The number of aliphatic carboxylic acids is 1. The number of carboxylic acid groups (broad SMARTS) is 1. The number of methoxy groups -OCH3 is 1. The van der Waals surface area contributed by atoms with E-state index in [2.05, 4.69) is 12.2 Å². The van der Waals surface area contributed by atoms with Crippen molar-refractivity contribution in [2.24, 2.45) is 5.41 Å². The molecule has 0 aromatic rings. The lowest BCUT2D eigenvalue weighted by molar-refractivity contribution is -0.146. The fourth-order valence-corrected chi connectivity index (χ4v) is 2.41. The SMILES string of the molecule is CCCCOCCCC(CCC(=O)O)N[C@H](C(=O)OC)C(C)(C)C. The van der Waals surface area contributed by atoms with Gasteiger partial charge >= 0.3 is 11.9 Å². The Hall–Kier alpha value is -1.14. The summed E-state index contributed by atoms with van der Waals surface area (Å²) in [5, 5.41) is 12.2. The summed E-state index contributed by atoms with van der Waals surface area (Å²) in [6, 6.07) is -0.526. The first-order chi connectivity index (χ1) is 11.2. The Kier molecular flexibility index (Phi) is 11.7. The third-order valence-corrected chi connectivity index (χ3v) is 3.90. The van der Waals surface area contributed by atoms with Crippen LogP contribution >= 0.6 is 0 Å². The van der Waals surface area contributed by atoms with Crippen molar-refractivity contribution in [1.82, 2.24) is 5.32 Å². The molecule has 0 bridgehead atoms. The van der Waals surface area contributed by atoms with Crippen molar-refractivity contribution in [3.63, 3.8) is 0 Å². The molecule has 0 saturated heterocycles. The number of carbonyl (C=O) groups is 2. The van der Waals surface area contributed by atoms with Gasteiger partial charge in [0.2, 0.25) is 0 Å². The van der Waals surface area contributed by atoms with E-state index in [1.807, 2.05) is 20.8 Å². The van der Waals surface area contributed by atoms with Crippen LogP contribution in [0, 0.1) is 5.41 Å². The van der Waals surface area contributed by atoms with E-state index in [1.165, 1.54) is 7.11 Å². The number of nitrogens with one attached hydrogen (secondary N) is 1. The molecule has 0 aromatic heterocycles. The lowest BCUT2D eigenvalue weighted by Gasteiger charge is -2.33. The van der Waals surface area contributed by atoms with E-state index < -0.39 is 12.0 Å². The van der Waals surface area contributed by atoms with E-state index >= 15 is 0 Å². The van der Waals surface area contributed by atoms with E-state index in [9.17, 15) is 9.59 Å². The summed E-state index contributed by atoms with van der Waals surface area (Å²) in [6.45, 7) is 9.42. The number of ether oxygens (including phenoxy) is 2. The van der Waals surface area contributed by atoms with Gasteiger partial charge in [0, 0.05) is 25.7 Å². The monoisotopic (exact) mass is 345 g/mol. The van der Waals surface area contributed by atoms with Crippen LogP contribution in [0.2, 0.25) is 0 Å². The molecule has 0 rings (SSSR count). The molecule has 0 aliphatic heterocycles. The van der Waals surface area contributed by atoms with E-state index in [0.717, 1.165) is 32.3 Å². The predicted molar refractivity (Wildman–Crippen MR) is 94.0 cm³/mol. The van der Waals surface area contributed by atoms with Crippen LogP contribution in [0.15, 0.2) is 0 Å². The second kappa shape index (κ2) is 12.3. The van der Waals surface area contributed by atoms with Crippen molar-refractivity contribution in [3.8, 4) is 0 Å². The first-order valence-electron chi connectivity index (χ1n) is 8.85. The smallest absolute Gasteiger partial charge is 0.323 e. The molecule has 142 valence electrons. The minimum Gasteiger partial charge on any atom is -0.481 e. The summed E-state index contributed by atoms with van der Waals surface area (Å²) in [4.78, 5) is 22.9. The van der Waals surface area contributed by atoms with E-state index in [4.69, 9.17) is 14.6 Å². The van der Waals surface area contributed by atoms with Crippen LogP contribution in [0.4, 0.5) is 0 Å². The predicted octanol–water partition coefficient (Wildman–Crippen LogP) is 2.99. The number of esters is 1. The van der Waals surface area contributed by atoms with Crippen molar-refractivity contribution >= 4 is 11.9 Å². The molecular formula is C18H35NO5. The van der Waals surface area contributed by atoms with Crippen molar-refractivity contribution in [3.05, 3.63) is 0 Å². The van der Waals surface area contributed by atoms with Gasteiger partial charge in [-0.3, -0.25) is 9.59 Å². The standard InChI is InChI=1S/C18H35NO5/c1-6-7-12-24-13-8-9-14(10-11-15(20)21)19-16(17(22)23-5)18(2,3)4/h14,16,19H,6-13H2,1-5H3,(H,20,21)/t14?,16-/m1/s1. The maximum absolute atomic E-state index is 12.1. The number of carboxylic acids is 1. The van der Waals surface area contributed by atoms with Crippen molar-refractivity contribution in [2.45, 2.75) is 78.3 Å². The fraction of sp³-hybridized carbons (Fsp3) is 0.889. The van der Waals surface area contributed by atoms with Crippen LogP contribution in [0.5, 0.6) is 0 Å². The number of rotatable bonds is 13. The van der Waals surface area contributed by atoms with Gasteiger partial charge in [-0.15, -0.1) is 0 Å². The Morgan fingerprint density at radius 2 is 1.75 bits per heavy atom. The molecule has 0 heterocycles. The molecule has 0 spiro atoms. The summed E-state index contributed by atoms with van der Waals surface area (Å²) in [5.74, 6) is -1.15. The molecule has 6 nitrogen and oxygen atoms in total. The average molecular weight is 345 g/mol. The van der Waals surface area contributed by atoms with Gasteiger partial charge in [0.1, 0.15) is 6.04 Å². The van der Waals surface area contributed by atoms with Crippen molar-refractivity contribution in [1.29, 1.82) is 0 Å². The van der Waals surface area contributed by atoms with Crippen LogP contribution in [-0.4, -0.2) is 49.5 Å².